The van der Waals surface area contributed by atoms with Crippen molar-refractivity contribution in [2.45, 2.75) is 0 Å². The first-order valence-corrected chi connectivity index (χ1v) is 4.13. The zero-order valence-electron chi connectivity index (χ0n) is 7.24. The predicted octanol–water partition coefficient (Wildman–Crippen LogP) is 3.03. The number of halogens is 2. The summed E-state index contributed by atoms with van der Waals surface area (Å²) >= 11 is 0. The average molecular weight is 191 g/mol. The fourth-order valence-corrected chi connectivity index (χ4v) is 1.25. The van der Waals surface area contributed by atoms with Crippen LogP contribution in [0.3, 0.4) is 0 Å². The van der Waals surface area contributed by atoms with Crippen LogP contribution in [0, 0.1) is 11.6 Å². The van der Waals surface area contributed by atoms with Gasteiger partial charge in [-0.15, -0.1) is 0 Å². The number of hydrogen-bond acceptors (Lipinski definition) is 1. The Kier molecular flexibility index (Phi) is 2.23. The lowest BCUT2D eigenvalue weighted by molar-refractivity contribution is 0.619. The Morgan fingerprint density at radius 1 is 1.00 bits per heavy atom. The second kappa shape index (κ2) is 3.54. The maximum absolute atomic E-state index is 13.3. The van der Waals surface area contributed by atoms with Crippen molar-refractivity contribution in [2.24, 2.45) is 0 Å². The molecule has 1 nitrogen and oxygen atoms in total. The van der Waals surface area contributed by atoms with Gasteiger partial charge < -0.3 is 0 Å². The number of nitrogens with zero attached hydrogens (tertiary/aromatic N) is 1. The highest BCUT2D eigenvalue weighted by Gasteiger charge is 2.04. The van der Waals surface area contributed by atoms with Gasteiger partial charge in [0.2, 0.25) is 0 Å². The van der Waals surface area contributed by atoms with Crippen molar-refractivity contribution >= 4 is 0 Å². The van der Waals surface area contributed by atoms with Gasteiger partial charge in [0.05, 0.1) is 6.20 Å². The highest BCUT2D eigenvalue weighted by Crippen LogP contribution is 2.21. The van der Waals surface area contributed by atoms with Crippen molar-refractivity contribution in [1.29, 1.82) is 0 Å². The normalized spacial score (nSPS) is 10.1. The molecule has 0 bridgehead atoms. The fraction of sp³-hybridized carbons (Fsp3) is 0. The third kappa shape index (κ3) is 1.62. The van der Waals surface area contributed by atoms with Crippen molar-refractivity contribution in [3.05, 3.63) is 54.4 Å². The Hall–Kier alpha value is -1.77. The van der Waals surface area contributed by atoms with Gasteiger partial charge in [0.25, 0.3) is 0 Å². The molecule has 2 rings (SSSR count). The van der Waals surface area contributed by atoms with E-state index in [1.54, 1.807) is 18.2 Å². The summed E-state index contributed by atoms with van der Waals surface area (Å²) in [6.45, 7) is 0. The molecule has 1 heterocycles. The molecule has 14 heavy (non-hydrogen) atoms. The minimum absolute atomic E-state index is 0.361. The molecule has 0 N–H and O–H groups in total. The first-order chi connectivity index (χ1) is 6.77. The summed E-state index contributed by atoms with van der Waals surface area (Å²) in [6.07, 6.45) is 2.52. The van der Waals surface area contributed by atoms with Gasteiger partial charge in [0, 0.05) is 17.3 Å². The molecule has 0 fully saturated rings. The summed E-state index contributed by atoms with van der Waals surface area (Å²) < 4.78 is 26.1. The first-order valence-electron chi connectivity index (χ1n) is 4.13. The van der Waals surface area contributed by atoms with Crippen LogP contribution in [-0.4, -0.2) is 4.98 Å². The maximum Gasteiger partial charge on any atom is 0.142 e. The largest absolute Gasteiger partial charge is 0.261 e. The van der Waals surface area contributed by atoms with Gasteiger partial charge in [0.1, 0.15) is 11.6 Å². The van der Waals surface area contributed by atoms with E-state index in [2.05, 4.69) is 4.98 Å². The van der Waals surface area contributed by atoms with Gasteiger partial charge in [-0.05, 0) is 12.1 Å². The van der Waals surface area contributed by atoms with E-state index in [-0.39, 0.29) is 5.82 Å². The Morgan fingerprint density at radius 2 is 1.79 bits per heavy atom. The Bertz CT molecular complexity index is 455. The molecule has 0 saturated heterocycles. The molecule has 0 spiro atoms. The molecule has 0 aliphatic carbocycles. The molecule has 70 valence electrons. The summed E-state index contributed by atoms with van der Waals surface area (Å²) in [5, 5.41) is 0. The number of benzene rings is 1. The Labute approximate surface area is 80.0 Å². The molecule has 0 aliphatic rings. The predicted molar refractivity (Wildman–Crippen MR) is 49.6 cm³/mol. The van der Waals surface area contributed by atoms with E-state index < -0.39 is 5.82 Å². The lowest BCUT2D eigenvalue weighted by atomic mass is 10.1. The second-order valence-corrected chi connectivity index (χ2v) is 2.87. The molecule has 0 amide bonds. The lowest BCUT2D eigenvalue weighted by Gasteiger charge is -2.01. The molecular weight excluding hydrogens is 184 g/mol. The molecule has 3 heteroatoms. The molecule has 1 aromatic heterocycles. The van der Waals surface area contributed by atoms with E-state index in [1.165, 1.54) is 18.3 Å². The van der Waals surface area contributed by atoms with Crippen molar-refractivity contribution in [1.82, 2.24) is 4.98 Å². The molecule has 1 aromatic carbocycles. The standard InChI is InChI=1S/C11H7F2N/c12-9-5-8(6-14-7-9)10-3-1-2-4-11(10)13/h1-7H. The molecule has 0 atom stereocenters. The fourth-order valence-electron chi connectivity index (χ4n) is 1.25. The Balaban J connectivity index is 2.55. The highest BCUT2D eigenvalue weighted by molar-refractivity contribution is 5.62. The first kappa shape index (κ1) is 8.81. The minimum atomic E-state index is -0.467. The minimum Gasteiger partial charge on any atom is -0.261 e. The van der Waals surface area contributed by atoms with E-state index in [4.69, 9.17) is 0 Å². The monoisotopic (exact) mass is 191 g/mol. The molecule has 0 radical (unpaired) electrons. The van der Waals surface area contributed by atoms with E-state index in [0.717, 1.165) is 6.20 Å². The molecule has 2 aromatic rings. The smallest absolute Gasteiger partial charge is 0.142 e. The average Bonchev–Trinajstić information content (AvgIpc) is 2.18. The van der Waals surface area contributed by atoms with Crippen LogP contribution in [0.15, 0.2) is 42.7 Å². The van der Waals surface area contributed by atoms with Gasteiger partial charge in [-0.25, -0.2) is 8.78 Å². The van der Waals surface area contributed by atoms with E-state index in [1.807, 2.05) is 0 Å². The summed E-state index contributed by atoms with van der Waals surface area (Å²) in [6, 6.07) is 7.46. The van der Waals surface area contributed by atoms with Crippen molar-refractivity contribution in [3.63, 3.8) is 0 Å². The summed E-state index contributed by atoms with van der Waals surface area (Å²) in [5.41, 5.74) is 0.808. The van der Waals surface area contributed by atoms with Crippen LogP contribution in [0.1, 0.15) is 0 Å². The highest BCUT2D eigenvalue weighted by atomic mass is 19.1. The van der Waals surface area contributed by atoms with Crippen LogP contribution in [-0.2, 0) is 0 Å². The quantitative estimate of drug-likeness (QED) is 0.675. The van der Waals surface area contributed by atoms with Crippen LogP contribution >= 0.6 is 0 Å². The van der Waals surface area contributed by atoms with Crippen molar-refractivity contribution < 1.29 is 8.78 Å². The van der Waals surface area contributed by atoms with E-state index in [0.29, 0.717) is 11.1 Å². The van der Waals surface area contributed by atoms with Crippen molar-refractivity contribution in [3.8, 4) is 11.1 Å². The van der Waals surface area contributed by atoms with Crippen molar-refractivity contribution in [2.75, 3.05) is 0 Å². The van der Waals surface area contributed by atoms with Crippen LogP contribution in [0.4, 0.5) is 8.78 Å². The van der Waals surface area contributed by atoms with Gasteiger partial charge in [-0.2, -0.15) is 0 Å². The second-order valence-electron chi connectivity index (χ2n) is 2.87. The lowest BCUT2D eigenvalue weighted by Crippen LogP contribution is -1.86. The van der Waals surface area contributed by atoms with E-state index in [9.17, 15) is 8.78 Å². The molecule has 0 saturated carbocycles. The maximum atomic E-state index is 13.3. The third-order valence-corrected chi connectivity index (χ3v) is 1.89. The van der Waals surface area contributed by atoms with Gasteiger partial charge in [0.15, 0.2) is 0 Å². The van der Waals surface area contributed by atoms with Crippen LogP contribution in [0.2, 0.25) is 0 Å². The molecular formula is C11H7F2N. The molecule has 0 unspecified atom stereocenters. The SMILES string of the molecule is Fc1cncc(-c2ccccc2F)c1. The van der Waals surface area contributed by atoms with E-state index >= 15 is 0 Å². The van der Waals surface area contributed by atoms with Crippen LogP contribution < -0.4 is 0 Å². The summed E-state index contributed by atoms with van der Waals surface area (Å²) in [4.78, 5) is 3.66. The zero-order valence-corrected chi connectivity index (χ0v) is 7.24. The van der Waals surface area contributed by atoms with Crippen LogP contribution in [0.5, 0.6) is 0 Å². The van der Waals surface area contributed by atoms with Gasteiger partial charge >= 0.3 is 0 Å². The number of pyridine rings is 1. The number of hydrogen-bond donors (Lipinski definition) is 0. The van der Waals surface area contributed by atoms with Crippen LogP contribution in [0.25, 0.3) is 11.1 Å². The number of aromatic nitrogens is 1. The molecule has 0 aliphatic heterocycles. The zero-order chi connectivity index (χ0) is 9.97. The third-order valence-electron chi connectivity index (χ3n) is 1.89. The van der Waals surface area contributed by atoms with Gasteiger partial charge in [-0.1, -0.05) is 18.2 Å². The number of rotatable bonds is 1. The summed E-state index contributed by atoms with van der Waals surface area (Å²) in [5.74, 6) is -0.842. The topological polar surface area (TPSA) is 12.9 Å². The Morgan fingerprint density at radius 3 is 2.50 bits per heavy atom. The van der Waals surface area contributed by atoms with Gasteiger partial charge in [-0.3, -0.25) is 4.98 Å². The summed E-state index contributed by atoms with van der Waals surface area (Å²) in [7, 11) is 0.